The van der Waals surface area contributed by atoms with Gasteiger partial charge < -0.3 is 24.4 Å². The van der Waals surface area contributed by atoms with Crippen molar-refractivity contribution < 1.29 is 23.8 Å². The van der Waals surface area contributed by atoms with E-state index in [-0.39, 0.29) is 19.1 Å². The molecule has 35 heavy (non-hydrogen) atoms. The molecule has 2 aliphatic heterocycles. The van der Waals surface area contributed by atoms with Gasteiger partial charge in [0.2, 0.25) is 0 Å². The summed E-state index contributed by atoms with van der Waals surface area (Å²) in [6, 6.07) is 14.2. The van der Waals surface area contributed by atoms with Crippen LogP contribution in [0.4, 0.5) is 5.69 Å². The number of para-hydroxylation sites is 1. The van der Waals surface area contributed by atoms with Gasteiger partial charge in [-0.05, 0) is 56.0 Å². The summed E-state index contributed by atoms with van der Waals surface area (Å²) >= 11 is 1.49. The summed E-state index contributed by atoms with van der Waals surface area (Å²) in [6.45, 7) is 5.97. The minimum absolute atomic E-state index is 0.173. The third-order valence-corrected chi connectivity index (χ3v) is 6.09. The van der Waals surface area contributed by atoms with E-state index in [9.17, 15) is 9.59 Å². The minimum atomic E-state index is -0.428. The van der Waals surface area contributed by atoms with Crippen LogP contribution in [-0.4, -0.2) is 41.8 Å². The molecule has 0 radical (unpaired) electrons. The number of amidine groups is 1. The molecule has 8 nitrogen and oxygen atoms in total. The highest BCUT2D eigenvalue weighted by Crippen LogP contribution is 2.43. The Bertz CT molecular complexity index is 1190. The second-order valence-corrected chi connectivity index (χ2v) is 8.54. The average molecular weight is 494 g/mol. The Morgan fingerprint density at radius 1 is 1.06 bits per heavy atom. The third-order valence-electron chi connectivity index (χ3n) is 5.32. The Kier molecular flexibility index (Phi) is 7.77. The van der Waals surface area contributed by atoms with Crippen molar-refractivity contribution in [2.24, 2.45) is 4.99 Å². The van der Waals surface area contributed by atoms with Crippen molar-refractivity contribution in [2.45, 2.75) is 26.8 Å². The highest BCUT2D eigenvalue weighted by molar-refractivity contribution is 8.16. The first-order valence-corrected chi connectivity index (χ1v) is 12.2. The number of nitrogens with zero attached hydrogens (tertiary/aromatic N) is 2. The van der Waals surface area contributed by atoms with Crippen molar-refractivity contribution in [3.8, 4) is 11.5 Å². The lowest BCUT2D eigenvalue weighted by Gasteiger charge is -2.33. The van der Waals surface area contributed by atoms with Crippen LogP contribution in [0.5, 0.6) is 11.5 Å². The Hall–Kier alpha value is -3.72. The van der Waals surface area contributed by atoms with Crippen LogP contribution >= 0.6 is 11.8 Å². The molecule has 0 aliphatic carbocycles. The van der Waals surface area contributed by atoms with E-state index in [0.717, 1.165) is 10.7 Å². The van der Waals surface area contributed by atoms with Gasteiger partial charge in [-0.3, -0.25) is 4.79 Å². The Morgan fingerprint density at radius 3 is 2.60 bits per heavy atom. The van der Waals surface area contributed by atoms with Crippen LogP contribution in [0.1, 0.15) is 32.4 Å². The minimum Gasteiger partial charge on any atom is -0.490 e. The standard InChI is InChI=1S/C26H27N3O5S/c1-4-32-21-15-18(11-12-20(21)34-16-22(30)28-19-9-7-6-8-10-19)24-23(25(31)33-5-2)17(3)27-26-29(24)13-14-35-26/h6-15,24H,4-5,16H2,1-3H3,(H,28,30)/t24-/m1/s1. The molecular weight excluding hydrogens is 466 g/mol. The van der Waals surface area contributed by atoms with Gasteiger partial charge in [0, 0.05) is 11.9 Å². The van der Waals surface area contributed by atoms with E-state index in [1.165, 1.54) is 11.8 Å². The number of rotatable bonds is 9. The molecule has 2 heterocycles. The maximum Gasteiger partial charge on any atom is 0.338 e. The number of carbonyl (C=O) groups excluding carboxylic acids is 2. The van der Waals surface area contributed by atoms with Gasteiger partial charge >= 0.3 is 5.97 Å². The number of allylic oxidation sites excluding steroid dienone is 1. The number of hydrogen-bond donors (Lipinski definition) is 1. The fourth-order valence-electron chi connectivity index (χ4n) is 3.84. The molecule has 1 N–H and O–H groups in total. The van der Waals surface area contributed by atoms with E-state index in [4.69, 9.17) is 14.2 Å². The van der Waals surface area contributed by atoms with Crippen LogP contribution in [0.3, 0.4) is 0 Å². The average Bonchev–Trinajstić information content (AvgIpc) is 3.31. The fraction of sp³-hybridized carbons (Fsp3) is 0.269. The molecule has 0 fully saturated rings. The Morgan fingerprint density at radius 2 is 1.86 bits per heavy atom. The first-order valence-electron chi connectivity index (χ1n) is 11.3. The van der Waals surface area contributed by atoms with Crippen molar-refractivity contribution in [2.75, 3.05) is 25.1 Å². The Balaban J connectivity index is 1.59. The van der Waals surface area contributed by atoms with E-state index < -0.39 is 12.0 Å². The van der Waals surface area contributed by atoms with Gasteiger partial charge in [-0.25, -0.2) is 9.79 Å². The van der Waals surface area contributed by atoms with Crippen LogP contribution in [0.25, 0.3) is 0 Å². The number of nitrogens with one attached hydrogen (secondary N) is 1. The lowest BCUT2D eigenvalue weighted by molar-refractivity contribution is -0.139. The molecule has 1 amide bonds. The van der Waals surface area contributed by atoms with Crippen LogP contribution in [0, 0.1) is 0 Å². The third kappa shape index (κ3) is 5.51. The van der Waals surface area contributed by atoms with Gasteiger partial charge in [0.15, 0.2) is 23.3 Å². The number of carbonyl (C=O) groups is 2. The zero-order valence-electron chi connectivity index (χ0n) is 19.8. The van der Waals surface area contributed by atoms with E-state index >= 15 is 0 Å². The molecule has 182 valence electrons. The molecule has 9 heteroatoms. The summed E-state index contributed by atoms with van der Waals surface area (Å²) in [4.78, 5) is 31.8. The van der Waals surface area contributed by atoms with Crippen molar-refractivity contribution in [3.05, 3.63) is 77.0 Å². The second-order valence-electron chi connectivity index (χ2n) is 7.67. The number of benzene rings is 2. The lowest BCUT2D eigenvalue weighted by Crippen LogP contribution is -2.34. The molecule has 4 rings (SSSR count). The maximum absolute atomic E-state index is 12.9. The SMILES string of the molecule is CCOC(=O)C1=C(C)N=C2SC=CN2[C@@H]1c1ccc(OCC(=O)Nc2ccccc2)c(OCC)c1. The van der Waals surface area contributed by atoms with Gasteiger partial charge in [0.25, 0.3) is 5.91 Å². The molecule has 2 aromatic rings. The fourth-order valence-corrected chi connectivity index (χ4v) is 4.63. The quantitative estimate of drug-likeness (QED) is 0.499. The van der Waals surface area contributed by atoms with Crippen molar-refractivity contribution in [1.29, 1.82) is 0 Å². The predicted molar refractivity (Wildman–Crippen MR) is 136 cm³/mol. The van der Waals surface area contributed by atoms with Crippen LogP contribution in [-0.2, 0) is 14.3 Å². The lowest BCUT2D eigenvalue weighted by atomic mass is 9.94. The zero-order valence-corrected chi connectivity index (χ0v) is 20.6. The number of hydrogen-bond acceptors (Lipinski definition) is 8. The summed E-state index contributed by atoms with van der Waals surface area (Å²) < 4.78 is 17.0. The van der Waals surface area contributed by atoms with Crippen molar-refractivity contribution in [1.82, 2.24) is 4.90 Å². The molecule has 0 spiro atoms. The van der Waals surface area contributed by atoms with Crippen LogP contribution in [0.15, 0.2) is 76.4 Å². The normalized spacial score (nSPS) is 16.5. The smallest absolute Gasteiger partial charge is 0.338 e. The van der Waals surface area contributed by atoms with Crippen molar-refractivity contribution in [3.63, 3.8) is 0 Å². The van der Waals surface area contributed by atoms with Crippen LogP contribution < -0.4 is 14.8 Å². The van der Waals surface area contributed by atoms with Gasteiger partial charge in [-0.2, -0.15) is 0 Å². The monoisotopic (exact) mass is 493 g/mol. The van der Waals surface area contributed by atoms with E-state index in [0.29, 0.717) is 35.1 Å². The number of anilines is 1. The highest BCUT2D eigenvalue weighted by Gasteiger charge is 2.37. The molecule has 0 aromatic heterocycles. The first-order chi connectivity index (χ1) is 17.0. The maximum atomic E-state index is 12.9. The first kappa shape index (κ1) is 24.4. The van der Waals surface area contributed by atoms with E-state index in [2.05, 4.69) is 10.3 Å². The second kappa shape index (κ2) is 11.1. The number of esters is 1. The topological polar surface area (TPSA) is 89.5 Å². The summed E-state index contributed by atoms with van der Waals surface area (Å²) in [7, 11) is 0. The van der Waals surface area contributed by atoms with E-state index in [1.807, 2.05) is 72.8 Å². The molecule has 0 unspecified atom stereocenters. The molecule has 0 bridgehead atoms. The molecule has 2 aromatic carbocycles. The number of amides is 1. The molecular formula is C26H27N3O5S. The predicted octanol–water partition coefficient (Wildman–Crippen LogP) is 4.87. The largest absolute Gasteiger partial charge is 0.490 e. The van der Waals surface area contributed by atoms with Gasteiger partial charge in [-0.1, -0.05) is 36.0 Å². The number of ether oxygens (including phenoxy) is 3. The molecule has 0 saturated heterocycles. The van der Waals surface area contributed by atoms with Gasteiger partial charge in [0.05, 0.1) is 30.5 Å². The highest BCUT2D eigenvalue weighted by atomic mass is 32.2. The van der Waals surface area contributed by atoms with E-state index in [1.54, 1.807) is 13.0 Å². The van der Waals surface area contributed by atoms with Crippen molar-refractivity contribution >= 4 is 34.5 Å². The summed E-state index contributed by atoms with van der Waals surface area (Å²) in [5.74, 6) is 0.240. The molecule has 0 saturated carbocycles. The van der Waals surface area contributed by atoms with Crippen LogP contribution in [0.2, 0.25) is 0 Å². The number of fused-ring (bicyclic) bond motifs is 1. The summed E-state index contributed by atoms with van der Waals surface area (Å²) in [5, 5.41) is 5.51. The number of aliphatic imine (C=N–C) groups is 1. The number of thioether (sulfide) groups is 1. The summed E-state index contributed by atoms with van der Waals surface area (Å²) in [5.41, 5.74) is 2.60. The van der Waals surface area contributed by atoms with Gasteiger partial charge in [0.1, 0.15) is 0 Å². The van der Waals surface area contributed by atoms with Gasteiger partial charge in [-0.15, -0.1) is 0 Å². The molecule has 1 atom stereocenters. The zero-order chi connectivity index (χ0) is 24.8. The molecule has 2 aliphatic rings. The Labute approximate surface area is 208 Å². The summed E-state index contributed by atoms with van der Waals surface area (Å²) in [6.07, 6.45) is 1.90.